The molecule has 0 saturated carbocycles. The monoisotopic (exact) mass is 932 g/mol. The predicted octanol–water partition coefficient (Wildman–Crippen LogP) is -1.36. The Morgan fingerprint density at radius 3 is 1.67 bits per heavy atom. The molecule has 2 fully saturated rings. The van der Waals surface area contributed by atoms with E-state index in [2.05, 4.69) is 10.6 Å². The van der Waals surface area contributed by atoms with Gasteiger partial charge in [0, 0.05) is 12.8 Å². The highest BCUT2D eigenvalue weighted by atomic mass is 31.2. The van der Waals surface area contributed by atoms with Crippen molar-refractivity contribution in [1.82, 2.24) is 10.6 Å². The van der Waals surface area contributed by atoms with Gasteiger partial charge in [0.05, 0.1) is 51.1 Å². The highest BCUT2D eigenvalue weighted by Gasteiger charge is 2.54. The van der Waals surface area contributed by atoms with Crippen LogP contribution in [0.2, 0.25) is 0 Å². The van der Waals surface area contributed by atoms with E-state index in [1.807, 2.05) is 0 Å². The summed E-state index contributed by atoms with van der Waals surface area (Å²) in [5.74, 6) is -5.14. The molecule has 2 aliphatic rings. The van der Waals surface area contributed by atoms with Gasteiger partial charge in [-0.3, -0.25) is 33.3 Å². The molecule has 364 valence electrons. The molecule has 2 amide bonds. The molecule has 24 nitrogen and oxygen atoms in total. The molecule has 2 saturated heterocycles. The molecular weight excluding hydrogens is 867 g/mol. The second kappa shape index (κ2) is 27.2. The first-order chi connectivity index (χ1) is 29.6. The summed E-state index contributed by atoms with van der Waals surface area (Å²) in [5, 5.41) is 57.9. The SMILES string of the molecule is CCC(=O)O[C@H](CC)CC(=O)NC1[C@H](OCC2OC(O)C(NC(=O)C[C@H](O)CC)[C@@H](OC(=O)C[C@H](O)CC)[C@@H]2O)OC(CO)[C@@H](OP(=O)(O)O)[C@@H]1OC(=O)C[C@@H](CC)OC(=O)CC. The summed E-state index contributed by atoms with van der Waals surface area (Å²) in [6.45, 7) is 7.58. The Bertz CT molecular complexity index is 1530. The Balaban J connectivity index is 2.59. The van der Waals surface area contributed by atoms with Gasteiger partial charge in [-0.25, -0.2) is 4.57 Å². The van der Waals surface area contributed by atoms with Gasteiger partial charge in [0.1, 0.15) is 48.7 Å². The maximum atomic E-state index is 13.6. The second-order valence-corrected chi connectivity index (χ2v) is 16.2. The Morgan fingerprint density at radius 2 is 1.14 bits per heavy atom. The lowest BCUT2D eigenvalue weighted by Crippen LogP contribution is -2.68. The number of ether oxygens (including phenoxy) is 7. The van der Waals surface area contributed by atoms with E-state index < -0.39 is 168 Å². The largest absolute Gasteiger partial charge is 0.470 e. The van der Waals surface area contributed by atoms with Gasteiger partial charge in [-0.2, -0.15) is 0 Å². The molecular formula is C38H65N2O22P. The molecule has 0 aromatic heterocycles. The zero-order valence-electron chi connectivity index (χ0n) is 36.3. The van der Waals surface area contributed by atoms with E-state index in [0.29, 0.717) is 0 Å². The lowest BCUT2D eigenvalue weighted by atomic mass is 9.95. The fourth-order valence-corrected chi connectivity index (χ4v) is 6.95. The molecule has 2 heterocycles. The van der Waals surface area contributed by atoms with Crippen LogP contribution in [0.3, 0.4) is 0 Å². The average Bonchev–Trinajstić information content (AvgIpc) is 3.22. The van der Waals surface area contributed by atoms with Crippen molar-refractivity contribution >= 4 is 43.5 Å². The van der Waals surface area contributed by atoms with Crippen LogP contribution in [0.1, 0.15) is 106 Å². The van der Waals surface area contributed by atoms with Crippen LogP contribution in [0.5, 0.6) is 0 Å². The molecule has 14 atom stereocenters. The molecule has 0 bridgehead atoms. The minimum absolute atomic E-state index is 0.0155. The minimum atomic E-state index is -5.50. The van der Waals surface area contributed by atoms with Crippen LogP contribution in [0.4, 0.5) is 0 Å². The number of amides is 2. The summed E-state index contributed by atoms with van der Waals surface area (Å²) in [6, 6.07) is -3.43. The first-order valence-electron chi connectivity index (χ1n) is 21.0. The number of hydrogen-bond acceptors (Lipinski definition) is 20. The molecule has 2 aliphatic heterocycles. The van der Waals surface area contributed by atoms with Crippen molar-refractivity contribution in [2.24, 2.45) is 0 Å². The zero-order valence-corrected chi connectivity index (χ0v) is 37.2. The number of nitrogens with one attached hydrogen (secondary N) is 2. The molecule has 0 radical (unpaired) electrons. The van der Waals surface area contributed by atoms with Crippen molar-refractivity contribution in [1.29, 1.82) is 0 Å². The third-order valence-corrected chi connectivity index (χ3v) is 10.6. The molecule has 25 heteroatoms. The fraction of sp³-hybridized carbons (Fsp3) is 0.842. The summed E-state index contributed by atoms with van der Waals surface area (Å²) in [7, 11) is -5.50. The molecule has 0 spiro atoms. The van der Waals surface area contributed by atoms with Crippen molar-refractivity contribution in [3.05, 3.63) is 0 Å². The van der Waals surface area contributed by atoms with Gasteiger partial charge in [-0.05, 0) is 25.7 Å². The summed E-state index contributed by atoms with van der Waals surface area (Å²) in [5.41, 5.74) is 0. The van der Waals surface area contributed by atoms with Crippen LogP contribution in [0.25, 0.3) is 0 Å². The lowest BCUT2D eigenvalue weighted by molar-refractivity contribution is -0.298. The fourth-order valence-electron chi connectivity index (χ4n) is 6.38. The maximum absolute atomic E-state index is 13.6. The lowest BCUT2D eigenvalue weighted by Gasteiger charge is -2.46. The Morgan fingerprint density at radius 1 is 0.635 bits per heavy atom. The maximum Gasteiger partial charge on any atom is 0.470 e. The van der Waals surface area contributed by atoms with Crippen molar-refractivity contribution in [3.63, 3.8) is 0 Å². The van der Waals surface area contributed by atoms with Crippen LogP contribution in [0, 0.1) is 0 Å². The average molecular weight is 933 g/mol. The Labute approximate surface area is 364 Å². The van der Waals surface area contributed by atoms with Crippen LogP contribution < -0.4 is 10.6 Å². The van der Waals surface area contributed by atoms with Crippen molar-refractivity contribution < 1.29 is 106 Å². The number of esters is 4. The van der Waals surface area contributed by atoms with Gasteiger partial charge in [-0.15, -0.1) is 0 Å². The molecule has 63 heavy (non-hydrogen) atoms. The van der Waals surface area contributed by atoms with Crippen LogP contribution >= 0.6 is 7.82 Å². The topological polar surface area (TPSA) is 359 Å². The van der Waals surface area contributed by atoms with Crippen molar-refractivity contribution in [2.75, 3.05) is 13.2 Å². The first kappa shape index (κ1) is 55.7. The highest BCUT2D eigenvalue weighted by Crippen LogP contribution is 2.42. The number of carbonyl (C=O) groups is 6. The number of aliphatic hydroxyl groups excluding tert-OH is 5. The van der Waals surface area contributed by atoms with E-state index in [9.17, 15) is 68.7 Å². The van der Waals surface area contributed by atoms with E-state index in [1.165, 1.54) is 13.8 Å². The predicted molar refractivity (Wildman–Crippen MR) is 211 cm³/mol. The number of rotatable bonds is 26. The number of hydrogen-bond donors (Lipinski definition) is 9. The third-order valence-electron chi connectivity index (χ3n) is 10.1. The van der Waals surface area contributed by atoms with Gasteiger partial charge < -0.3 is 79.1 Å². The van der Waals surface area contributed by atoms with Crippen LogP contribution in [0.15, 0.2) is 0 Å². The molecule has 5 unspecified atom stereocenters. The summed E-state index contributed by atoms with van der Waals surface area (Å²) in [4.78, 5) is 96.6. The van der Waals surface area contributed by atoms with Crippen LogP contribution in [-0.4, -0.2) is 170 Å². The molecule has 0 aromatic rings. The third kappa shape index (κ3) is 18.6. The minimum Gasteiger partial charge on any atom is -0.462 e. The standard InChI is InChI=1S/C38H65N2O22P/c1-7-19(42)13-25(44)39-31-35(60-29(48)14-20(43)8-2)33(50)24(58-37(31)51)18-55-38-32(40-26(45)15-21(9-3)56-27(46)11-5)36(34(23(17-41)59-38)62-63(52,53)54)61-30(49)16-22(10-4)57-28(47)12-6/h19-24,31-38,41-43,50-51H,7-18H2,1-6H3,(H,39,44)(H,40,45)(H2,52,53,54)/t19-,20-,21-,22-,23?,24?,31?,32?,33-,34-,35-,36-,37?,38-/m1/s1. The smallest absolute Gasteiger partial charge is 0.462 e. The van der Waals surface area contributed by atoms with Gasteiger partial charge >= 0.3 is 31.7 Å². The second-order valence-electron chi connectivity index (χ2n) is 15.0. The van der Waals surface area contributed by atoms with Crippen molar-refractivity contribution in [3.8, 4) is 0 Å². The van der Waals surface area contributed by atoms with E-state index >= 15 is 0 Å². The van der Waals surface area contributed by atoms with Gasteiger partial charge in [0.25, 0.3) is 0 Å². The summed E-state index contributed by atoms with van der Waals surface area (Å²) < 4.78 is 56.2. The molecule has 9 N–H and O–H groups in total. The van der Waals surface area contributed by atoms with Gasteiger partial charge in [0.15, 0.2) is 24.8 Å². The van der Waals surface area contributed by atoms with E-state index in [-0.39, 0.29) is 38.5 Å². The normalized spacial score (nSPS) is 28.1. The number of phosphoric acid groups is 1. The Kier molecular flexibility index (Phi) is 24.0. The quantitative estimate of drug-likeness (QED) is 0.0275. The number of phosphoric ester groups is 1. The molecule has 0 aliphatic carbocycles. The van der Waals surface area contributed by atoms with E-state index in [1.54, 1.807) is 27.7 Å². The first-order valence-corrected chi connectivity index (χ1v) is 22.5. The Hall–Kier alpha value is -3.39. The van der Waals surface area contributed by atoms with E-state index in [4.69, 9.17) is 37.7 Å². The van der Waals surface area contributed by atoms with Gasteiger partial charge in [0.2, 0.25) is 11.8 Å². The zero-order chi connectivity index (χ0) is 47.6. The highest BCUT2D eigenvalue weighted by molar-refractivity contribution is 7.46. The summed E-state index contributed by atoms with van der Waals surface area (Å²) in [6.07, 6.45) is -20.7. The molecule has 2 rings (SSSR count). The molecule has 0 aromatic carbocycles. The van der Waals surface area contributed by atoms with Crippen molar-refractivity contribution in [2.45, 2.75) is 191 Å². The summed E-state index contributed by atoms with van der Waals surface area (Å²) >= 11 is 0. The van der Waals surface area contributed by atoms with E-state index in [0.717, 1.165) is 0 Å². The van der Waals surface area contributed by atoms with Crippen LogP contribution in [-0.2, 0) is 71.0 Å². The van der Waals surface area contributed by atoms with Gasteiger partial charge in [-0.1, -0.05) is 41.5 Å². The number of aliphatic hydroxyl groups is 5. The number of carbonyl (C=O) groups excluding carboxylic acids is 6.